The molecular formula is C14H20Hf-2. The molecule has 2 saturated carbocycles. The molecule has 2 rings (SSSR count). The molecule has 0 spiro atoms. The zero-order chi connectivity index (χ0) is 8.81. The molecule has 1 heteroatoms. The van der Waals surface area contributed by atoms with E-state index in [0.717, 1.165) is 0 Å². The normalized spacial score (nSPS) is 20.4. The molecule has 0 bridgehead atoms. The van der Waals surface area contributed by atoms with Crippen molar-refractivity contribution in [1.82, 2.24) is 0 Å². The molecule has 0 N–H and O–H groups in total. The van der Waals surface area contributed by atoms with E-state index in [-0.39, 0.29) is 40.7 Å². The first-order chi connectivity index (χ1) is 5.79. The average Bonchev–Trinajstić information content (AvgIpc) is 2.63. The molecule has 82 valence electrons. The van der Waals surface area contributed by atoms with Gasteiger partial charge in [-0.05, 0) is 63.2 Å². The molecule has 0 unspecified atom stereocenters. The van der Waals surface area contributed by atoms with Crippen LogP contribution in [0.25, 0.3) is 0 Å². The summed E-state index contributed by atoms with van der Waals surface area (Å²) in [6, 6.07) is 0. The molecule has 0 aromatic heterocycles. The molecule has 10 radical (unpaired) electrons. The van der Waals surface area contributed by atoms with Gasteiger partial charge >= 0.3 is 0 Å². The van der Waals surface area contributed by atoms with Gasteiger partial charge in [0.2, 0.25) is 0 Å². The van der Waals surface area contributed by atoms with Crippen molar-refractivity contribution in [2.75, 3.05) is 0 Å². The molecule has 0 saturated heterocycles. The second-order valence-electron chi connectivity index (χ2n) is 2.92. The number of rotatable bonds is 0. The Bertz CT molecular complexity index is 85.9. The Hall–Kier alpha value is 0.870. The molecule has 0 aromatic rings. The van der Waals surface area contributed by atoms with E-state index in [2.05, 4.69) is 39.5 Å². The molecule has 2 aliphatic rings. The van der Waals surface area contributed by atoms with Crippen molar-refractivity contribution in [3.63, 3.8) is 0 Å². The van der Waals surface area contributed by atoms with Gasteiger partial charge in [0.05, 0.1) is 0 Å². The minimum Gasteiger partial charge on any atom is -0.358 e. The van der Waals surface area contributed by atoms with Gasteiger partial charge in [-0.3, -0.25) is 0 Å². The van der Waals surface area contributed by atoms with Gasteiger partial charge in [-0.2, -0.15) is 0 Å². The Morgan fingerprint density at radius 2 is 0.800 bits per heavy atom. The smallest absolute Gasteiger partial charge is 0 e. The SMILES string of the molecule is C[C]1[CH][CH][CH][CH]1.C[C]1[CH][CH][CH][CH]1.[CH3-].[CH3-].[Hf]. The monoisotopic (exact) mass is 368 g/mol. The average molecular weight is 367 g/mol. The quantitative estimate of drug-likeness (QED) is 0.453. The summed E-state index contributed by atoms with van der Waals surface area (Å²) >= 11 is 0. The van der Waals surface area contributed by atoms with Crippen molar-refractivity contribution in [3.8, 4) is 0 Å². The first-order valence-electron chi connectivity index (χ1n) is 4.15. The molecule has 15 heavy (non-hydrogen) atoms. The van der Waals surface area contributed by atoms with Crippen LogP contribution in [0.5, 0.6) is 0 Å². The summed E-state index contributed by atoms with van der Waals surface area (Å²) in [6.45, 7) is 4.17. The van der Waals surface area contributed by atoms with Gasteiger partial charge in [0, 0.05) is 25.8 Å². The van der Waals surface area contributed by atoms with E-state index in [1.54, 1.807) is 0 Å². The van der Waals surface area contributed by atoms with Crippen LogP contribution < -0.4 is 0 Å². The van der Waals surface area contributed by atoms with Gasteiger partial charge in [-0.25, -0.2) is 0 Å². The second kappa shape index (κ2) is 12.9. The fourth-order valence-corrected chi connectivity index (χ4v) is 0.940. The van der Waals surface area contributed by atoms with Crippen LogP contribution >= 0.6 is 0 Å². The molecule has 2 fully saturated rings. The van der Waals surface area contributed by atoms with Gasteiger partial charge in [0.15, 0.2) is 0 Å². The van der Waals surface area contributed by atoms with Crippen molar-refractivity contribution in [1.29, 1.82) is 0 Å². The van der Waals surface area contributed by atoms with Crippen LogP contribution in [0.3, 0.4) is 0 Å². The van der Waals surface area contributed by atoms with Crippen molar-refractivity contribution >= 4 is 0 Å². The van der Waals surface area contributed by atoms with Crippen LogP contribution in [-0.4, -0.2) is 0 Å². The van der Waals surface area contributed by atoms with Crippen molar-refractivity contribution < 1.29 is 25.8 Å². The third kappa shape index (κ3) is 11.1. The van der Waals surface area contributed by atoms with E-state index in [1.807, 2.05) is 25.7 Å². The molecular weight excluding hydrogens is 347 g/mol. The molecule has 2 aliphatic carbocycles. The molecule has 0 heterocycles. The fraction of sp³-hybridized carbons (Fsp3) is 0.143. The summed E-state index contributed by atoms with van der Waals surface area (Å²) < 4.78 is 0. The summed E-state index contributed by atoms with van der Waals surface area (Å²) in [4.78, 5) is 0. The van der Waals surface area contributed by atoms with E-state index >= 15 is 0 Å². The van der Waals surface area contributed by atoms with E-state index < -0.39 is 0 Å². The van der Waals surface area contributed by atoms with E-state index in [0.29, 0.717) is 0 Å². The first kappa shape index (κ1) is 21.2. The summed E-state index contributed by atoms with van der Waals surface area (Å²) in [7, 11) is 0. The van der Waals surface area contributed by atoms with Gasteiger partial charge in [-0.1, -0.05) is 13.8 Å². The minimum atomic E-state index is 0. The van der Waals surface area contributed by atoms with Crippen LogP contribution in [0.2, 0.25) is 0 Å². The summed E-state index contributed by atoms with van der Waals surface area (Å²) in [5.41, 5.74) is 0. The van der Waals surface area contributed by atoms with E-state index in [1.165, 1.54) is 11.8 Å². The van der Waals surface area contributed by atoms with Crippen LogP contribution in [-0.2, 0) is 25.8 Å². The topological polar surface area (TPSA) is 0 Å². The predicted molar refractivity (Wildman–Crippen MR) is 65.1 cm³/mol. The van der Waals surface area contributed by atoms with Crippen LogP contribution in [0, 0.1) is 78.1 Å². The molecule has 0 amide bonds. The van der Waals surface area contributed by atoms with Gasteiger partial charge in [0.25, 0.3) is 0 Å². The molecule has 0 nitrogen and oxygen atoms in total. The molecule has 0 aliphatic heterocycles. The Morgan fingerprint density at radius 3 is 0.867 bits per heavy atom. The van der Waals surface area contributed by atoms with Crippen molar-refractivity contribution in [3.05, 3.63) is 78.1 Å². The summed E-state index contributed by atoms with van der Waals surface area (Å²) in [6.07, 6.45) is 16.5. The fourth-order valence-electron chi connectivity index (χ4n) is 0.940. The third-order valence-corrected chi connectivity index (χ3v) is 1.66. The Morgan fingerprint density at radius 1 is 0.600 bits per heavy atom. The standard InChI is InChI=1S/2C6H7.2CH3.Hf/c2*1-6-4-2-3-5-6;;;/h2*2-5H,1H3;2*1H3;/q;;2*-1;. The zero-order valence-electron chi connectivity index (χ0n) is 10.1. The molecule has 0 atom stereocenters. The summed E-state index contributed by atoms with van der Waals surface area (Å²) in [5.74, 6) is 2.69. The van der Waals surface area contributed by atoms with Crippen molar-refractivity contribution in [2.45, 2.75) is 13.8 Å². The van der Waals surface area contributed by atoms with Crippen molar-refractivity contribution in [2.24, 2.45) is 0 Å². The number of hydrogen-bond donors (Lipinski definition) is 0. The predicted octanol–water partition coefficient (Wildman–Crippen LogP) is 3.72. The van der Waals surface area contributed by atoms with Crippen LogP contribution in [0.4, 0.5) is 0 Å². The van der Waals surface area contributed by atoms with Gasteiger partial charge in [0.1, 0.15) is 0 Å². The third-order valence-electron chi connectivity index (χ3n) is 1.66. The minimum absolute atomic E-state index is 0. The maximum absolute atomic E-state index is 2.08. The van der Waals surface area contributed by atoms with Gasteiger partial charge in [-0.15, -0.1) is 0 Å². The van der Waals surface area contributed by atoms with Gasteiger partial charge < -0.3 is 14.9 Å². The number of hydrogen-bond acceptors (Lipinski definition) is 0. The summed E-state index contributed by atoms with van der Waals surface area (Å²) in [5, 5.41) is 0. The van der Waals surface area contributed by atoms with E-state index in [4.69, 9.17) is 0 Å². The van der Waals surface area contributed by atoms with Crippen LogP contribution in [0.15, 0.2) is 0 Å². The maximum Gasteiger partial charge on any atom is 0 e. The zero-order valence-corrected chi connectivity index (χ0v) is 13.7. The Labute approximate surface area is 117 Å². The first-order valence-corrected chi connectivity index (χ1v) is 4.15. The Balaban J connectivity index is -0.000000160. The largest absolute Gasteiger partial charge is 0.358 e. The van der Waals surface area contributed by atoms with E-state index in [9.17, 15) is 0 Å². The second-order valence-corrected chi connectivity index (χ2v) is 2.92. The Kier molecular flexibility index (Phi) is 18.3. The molecule has 0 aromatic carbocycles. The maximum atomic E-state index is 2.08. The van der Waals surface area contributed by atoms with Crippen LogP contribution in [0.1, 0.15) is 13.8 Å².